The average molecular weight is 393 g/mol. The summed E-state index contributed by atoms with van der Waals surface area (Å²) in [7, 11) is 3.14. The summed E-state index contributed by atoms with van der Waals surface area (Å²) < 4.78 is 10.6. The number of carbonyl (C=O) groups excluding carboxylic acids is 1. The van der Waals surface area contributed by atoms with E-state index in [9.17, 15) is 4.79 Å². The summed E-state index contributed by atoms with van der Waals surface area (Å²) in [5.74, 6) is 1.90. The van der Waals surface area contributed by atoms with E-state index in [1.807, 2.05) is 11.0 Å². The molecule has 2 aromatic heterocycles. The fourth-order valence-corrected chi connectivity index (χ4v) is 3.57. The molecule has 4 rings (SSSR count). The van der Waals surface area contributed by atoms with Gasteiger partial charge in [-0.3, -0.25) is 9.78 Å². The number of hydrogen-bond acceptors (Lipinski definition) is 7. The Kier molecular flexibility index (Phi) is 5.41. The number of ether oxygens (including phenoxy) is 2. The monoisotopic (exact) mass is 393 g/mol. The maximum atomic E-state index is 12.9. The quantitative estimate of drug-likeness (QED) is 0.713. The van der Waals surface area contributed by atoms with Crippen LogP contribution in [0.4, 0.5) is 5.82 Å². The number of aromatic nitrogens is 3. The molecule has 0 aliphatic carbocycles. The molecule has 0 bridgehead atoms. The van der Waals surface area contributed by atoms with E-state index in [-0.39, 0.29) is 11.9 Å². The second-order valence-corrected chi connectivity index (χ2v) is 6.86. The average Bonchev–Trinajstić information content (AvgIpc) is 2.79. The molecule has 0 radical (unpaired) electrons. The van der Waals surface area contributed by atoms with Crippen molar-refractivity contribution < 1.29 is 14.3 Å². The Labute approximate surface area is 168 Å². The number of methoxy groups -OCH3 is 2. The van der Waals surface area contributed by atoms with Crippen LogP contribution in [0.3, 0.4) is 0 Å². The van der Waals surface area contributed by atoms with Gasteiger partial charge in [0.05, 0.1) is 19.7 Å². The fourth-order valence-electron chi connectivity index (χ4n) is 3.57. The molecule has 8 nitrogen and oxygen atoms in total. The summed E-state index contributed by atoms with van der Waals surface area (Å²) in [5.41, 5.74) is 2.17. The number of carbonyl (C=O) groups is 1. The lowest BCUT2D eigenvalue weighted by molar-refractivity contribution is 0.0718. The number of fused-ring (bicyclic) bond motifs is 1. The van der Waals surface area contributed by atoms with Crippen LogP contribution < -0.4 is 14.8 Å². The molecule has 1 fully saturated rings. The predicted molar refractivity (Wildman–Crippen MR) is 109 cm³/mol. The van der Waals surface area contributed by atoms with Crippen molar-refractivity contribution in [3.05, 3.63) is 48.4 Å². The van der Waals surface area contributed by atoms with Crippen LogP contribution in [-0.2, 0) is 0 Å². The van der Waals surface area contributed by atoms with Gasteiger partial charge >= 0.3 is 0 Å². The zero-order chi connectivity index (χ0) is 20.2. The zero-order valence-electron chi connectivity index (χ0n) is 16.5. The first-order valence-corrected chi connectivity index (χ1v) is 9.53. The SMILES string of the molecule is COc1ccc(C(=O)N2CCC(Nc3nccc4nccnc34)CC2)cc1OC. The molecule has 3 heterocycles. The second kappa shape index (κ2) is 8.30. The number of benzene rings is 1. The maximum absolute atomic E-state index is 12.9. The third-order valence-electron chi connectivity index (χ3n) is 5.14. The third-order valence-corrected chi connectivity index (χ3v) is 5.14. The van der Waals surface area contributed by atoms with Crippen LogP contribution in [0.25, 0.3) is 11.0 Å². The van der Waals surface area contributed by atoms with Crippen molar-refractivity contribution in [2.24, 2.45) is 0 Å². The molecule has 8 heteroatoms. The van der Waals surface area contributed by atoms with Gasteiger partial charge in [0.25, 0.3) is 5.91 Å². The van der Waals surface area contributed by atoms with Gasteiger partial charge in [0, 0.05) is 43.3 Å². The Bertz CT molecular complexity index is 1010. The fraction of sp³-hybridized carbons (Fsp3) is 0.333. The van der Waals surface area contributed by atoms with E-state index in [0.717, 1.165) is 29.7 Å². The molecule has 1 aromatic carbocycles. The first-order chi connectivity index (χ1) is 14.2. The number of nitrogens with zero attached hydrogens (tertiary/aromatic N) is 4. The van der Waals surface area contributed by atoms with E-state index >= 15 is 0 Å². The van der Waals surface area contributed by atoms with Gasteiger partial charge in [0.2, 0.25) is 0 Å². The summed E-state index contributed by atoms with van der Waals surface area (Å²) in [6.07, 6.45) is 6.73. The van der Waals surface area contributed by atoms with Crippen molar-refractivity contribution in [2.75, 3.05) is 32.6 Å². The van der Waals surface area contributed by atoms with Crippen molar-refractivity contribution in [3.63, 3.8) is 0 Å². The van der Waals surface area contributed by atoms with E-state index in [4.69, 9.17) is 9.47 Å². The van der Waals surface area contributed by atoms with Crippen LogP contribution in [0.2, 0.25) is 0 Å². The van der Waals surface area contributed by atoms with Crippen molar-refractivity contribution in [1.29, 1.82) is 0 Å². The number of piperidine rings is 1. The lowest BCUT2D eigenvalue weighted by Gasteiger charge is -2.32. The minimum Gasteiger partial charge on any atom is -0.493 e. The molecule has 150 valence electrons. The van der Waals surface area contributed by atoms with E-state index in [2.05, 4.69) is 20.3 Å². The highest BCUT2D eigenvalue weighted by atomic mass is 16.5. The molecule has 1 aliphatic rings. The molecule has 1 aliphatic heterocycles. The maximum Gasteiger partial charge on any atom is 0.253 e. The second-order valence-electron chi connectivity index (χ2n) is 6.86. The number of nitrogens with one attached hydrogen (secondary N) is 1. The molecule has 1 saturated heterocycles. The van der Waals surface area contributed by atoms with Gasteiger partial charge in [-0.1, -0.05) is 0 Å². The van der Waals surface area contributed by atoms with Gasteiger partial charge in [0.15, 0.2) is 17.3 Å². The highest BCUT2D eigenvalue weighted by Crippen LogP contribution is 2.28. The molecule has 1 amide bonds. The largest absolute Gasteiger partial charge is 0.493 e. The molecular weight excluding hydrogens is 370 g/mol. The van der Waals surface area contributed by atoms with Crippen molar-refractivity contribution in [1.82, 2.24) is 19.9 Å². The van der Waals surface area contributed by atoms with Crippen molar-refractivity contribution >= 4 is 22.8 Å². The van der Waals surface area contributed by atoms with Gasteiger partial charge in [-0.05, 0) is 37.1 Å². The Morgan fingerprint density at radius 3 is 2.52 bits per heavy atom. The summed E-state index contributed by atoms with van der Waals surface area (Å²) >= 11 is 0. The minimum absolute atomic E-state index is 0.00134. The zero-order valence-corrected chi connectivity index (χ0v) is 16.5. The van der Waals surface area contributed by atoms with Crippen LogP contribution in [0.15, 0.2) is 42.9 Å². The summed E-state index contributed by atoms with van der Waals surface area (Å²) in [5, 5.41) is 3.47. The summed E-state index contributed by atoms with van der Waals surface area (Å²) in [4.78, 5) is 27.9. The van der Waals surface area contributed by atoms with Crippen molar-refractivity contribution in [2.45, 2.75) is 18.9 Å². The van der Waals surface area contributed by atoms with Crippen LogP contribution in [0.1, 0.15) is 23.2 Å². The minimum atomic E-state index is -0.00134. The number of anilines is 1. The lowest BCUT2D eigenvalue weighted by Crippen LogP contribution is -2.42. The van der Waals surface area contributed by atoms with Crippen LogP contribution in [0, 0.1) is 0 Å². The molecule has 3 aromatic rings. The third kappa shape index (κ3) is 3.91. The molecule has 0 saturated carbocycles. The highest BCUT2D eigenvalue weighted by Gasteiger charge is 2.25. The summed E-state index contributed by atoms with van der Waals surface area (Å²) in [6, 6.07) is 7.33. The molecule has 1 N–H and O–H groups in total. The van der Waals surface area contributed by atoms with Crippen LogP contribution >= 0.6 is 0 Å². The molecule has 0 spiro atoms. The van der Waals surface area contributed by atoms with E-state index in [1.54, 1.807) is 51.0 Å². The Morgan fingerprint density at radius 2 is 1.76 bits per heavy atom. The lowest BCUT2D eigenvalue weighted by atomic mass is 10.0. The first kappa shape index (κ1) is 18.9. The number of likely N-dealkylation sites (tertiary alicyclic amines) is 1. The number of pyridine rings is 1. The normalized spacial score (nSPS) is 14.6. The molecule has 0 unspecified atom stereocenters. The van der Waals surface area contributed by atoms with Gasteiger partial charge in [-0.2, -0.15) is 0 Å². The van der Waals surface area contributed by atoms with Crippen LogP contribution in [0.5, 0.6) is 11.5 Å². The number of amides is 1. The number of rotatable bonds is 5. The van der Waals surface area contributed by atoms with Gasteiger partial charge in [-0.15, -0.1) is 0 Å². The highest BCUT2D eigenvalue weighted by molar-refractivity contribution is 5.95. The van der Waals surface area contributed by atoms with E-state index in [0.29, 0.717) is 30.2 Å². The Balaban J connectivity index is 1.41. The van der Waals surface area contributed by atoms with Gasteiger partial charge in [0.1, 0.15) is 5.52 Å². The standard InChI is InChI=1S/C21H23N5O3/c1-28-17-4-3-14(13-18(17)29-2)21(27)26-11-6-15(7-12-26)25-20-19-16(5-8-24-20)22-9-10-23-19/h3-5,8-10,13,15H,6-7,11-12H2,1-2H3,(H,24,25). The molecule has 29 heavy (non-hydrogen) atoms. The van der Waals surface area contributed by atoms with Gasteiger partial charge < -0.3 is 19.7 Å². The van der Waals surface area contributed by atoms with E-state index in [1.165, 1.54) is 0 Å². The molecule has 0 atom stereocenters. The van der Waals surface area contributed by atoms with Crippen LogP contribution in [-0.4, -0.2) is 59.1 Å². The van der Waals surface area contributed by atoms with Gasteiger partial charge in [-0.25, -0.2) is 9.97 Å². The summed E-state index contributed by atoms with van der Waals surface area (Å²) in [6.45, 7) is 1.34. The first-order valence-electron chi connectivity index (χ1n) is 9.53. The molecular formula is C21H23N5O3. The topological polar surface area (TPSA) is 89.5 Å². The number of hydrogen-bond donors (Lipinski definition) is 1. The Morgan fingerprint density at radius 1 is 1.00 bits per heavy atom. The predicted octanol–water partition coefficient (Wildman–Crippen LogP) is 2.76. The van der Waals surface area contributed by atoms with E-state index < -0.39 is 0 Å². The van der Waals surface area contributed by atoms with Crippen molar-refractivity contribution in [3.8, 4) is 11.5 Å². The smallest absolute Gasteiger partial charge is 0.253 e. The Hall–Kier alpha value is -3.42.